The number of aliphatic hydroxyl groups excluding tert-OH is 1. The van der Waals surface area contributed by atoms with E-state index in [9.17, 15) is 5.11 Å². The van der Waals surface area contributed by atoms with E-state index in [1.807, 2.05) is 26.0 Å². The van der Waals surface area contributed by atoms with Gasteiger partial charge < -0.3 is 14.6 Å². The molecule has 3 heteroatoms. The average Bonchev–Trinajstić information content (AvgIpc) is 2.15. The van der Waals surface area contributed by atoms with Crippen molar-refractivity contribution in [3.63, 3.8) is 0 Å². The topological polar surface area (TPSA) is 38.7 Å². The molecule has 1 fully saturated rings. The highest BCUT2D eigenvalue weighted by molar-refractivity contribution is 5.33. The van der Waals surface area contributed by atoms with Gasteiger partial charge in [0.2, 0.25) is 0 Å². The molecule has 16 heavy (non-hydrogen) atoms. The molecule has 3 nitrogen and oxygen atoms in total. The SMILES string of the molecule is COC1C(O)CC1Oc1cc(C)cc(C)c1. The molecule has 3 atom stereocenters. The number of rotatable bonds is 3. The summed E-state index contributed by atoms with van der Waals surface area (Å²) in [6, 6.07) is 6.12. The molecule has 1 N–H and O–H groups in total. The number of aryl methyl sites for hydroxylation is 2. The van der Waals surface area contributed by atoms with E-state index in [0.29, 0.717) is 6.42 Å². The molecule has 0 bridgehead atoms. The second-order valence-corrected chi connectivity index (χ2v) is 4.48. The number of aliphatic hydroxyl groups is 1. The molecular formula is C13H18O3. The van der Waals surface area contributed by atoms with E-state index in [2.05, 4.69) is 6.07 Å². The minimum Gasteiger partial charge on any atom is -0.487 e. The zero-order valence-corrected chi connectivity index (χ0v) is 9.93. The molecule has 0 aliphatic heterocycles. The van der Waals surface area contributed by atoms with Gasteiger partial charge in [-0.05, 0) is 37.1 Å². The minimum absolute atomic E-state index is 0.0267. The van der Waals surface area contributed by atoms with E-state index in [0.717, 1.165) is 5.75 Å². The molecule has 1 aromatic rings. The van der Waals surface area contributed by atoms with Gasteiger partial charge in [-0.1, -0.05) is 6.07 Å². The molecule has 0 amide bonds. The Labute approximate surface area is 96.0 Å². The predicted molar refractivity (Wildman–Crippen MR) is 61.8 cm³/mol. The zero-order chi connectivity index (χ0) is 11.7. The Morgan fingerprint density at radius 2 is 1.81 bits per heavy atom. The van der Waals surface area contributed by atoms with Gasteiger partial charge in [0.1, 0.15) is 18.0 Å². The van der Waals surface area contributed by atoms with Gasteiger partial charge in [0.15, 0.2) is 0 Å². The first-order valence-electron chi connectivity index (χ1n) is 5.56. The third kappa shape index (κ3) is 2.20. The van der Waals surface area contributed by atoms with Crippen LogP contribution in [0, 0.1) is 13.8 Å². The summed E-state index contributed by atoms with van der Waals surface area (Å²) < 4.78 is 11.0. The molecule has 0 heterocycles. The molecular weight excluding hydrogens is 204 g/mol. The average molecular weight is 222 g/mol. The number of ether oxygens (including phenoxy) is 2. The maximum absolute atomic E-state index is 9.46. The number of benzene rings is 1. The molecule has 1 saturated carbocycles. The largest absolute Gasteiger partial charge is 0.487 e. The summed E-state index contributed by atoms with van der Waals surface area (Å²) in [6.07, 6.45) is 0.0359. The zero-order valence-electron chi connectivity index (χ0n) is 9.93. The van der Waals surface area contributed by atoms with Crippen molar-refractivity contribution in [2.45, 2.75) is 38.6 Å². The molecule has 0 radical (unpaired) electrons. The second-order valence-electron chi connectivity index (χ2n) is 4.48. The maximum atomic E-state index is 9.46. The fourth-order valence-corrected chi connectivity index (χ4v) is 2.16. The Morgan fingerprint density at radius 3 is 2.31 bits per heavy atom. The third-order valence-electron chi connectivity index (χ3n) is 2.97. The molecule has 3 unspecified atom stereocenters. The second kappa shape index (κ2) is 4.44. The van der Waals surface area contributed by atoms with Crippen molar-refractivity contribution in [1.29, 1.82) is 0 Å². The molecule has 2 rings (SSSR count). The summed E-state index contributed by atoms with van der Waals surface area (Å²) in [4.78, 5) is 0. The van der Waals surface area contributed by atoms with Gasteiger partial charge in [-0.25, -0.2) is 0 Å². The van der Waals surface area contributed by atoms with E-state index < -0.39 is 0 Å². The van der Waals surface area contributed by atoms with E-state index in [-0.39, 0.29) is 18.3 Å². The van der Waals surface area contributed by atoms with E-state index in [1.54, 1.807) is 7.11 Å². The van der Waals surface area contributed by atoms with Gasteiger partial charge in [-0.3, -0.25) is 0 Å². The van der Waals surface area contributed by atoms with Crippen molar-refractivity contribution in [2.75, 3.05) is 7.11 Å². The van der Waals surface area contributed by atoms with Crippen LogP contribution in [-0.2, 0) is 4.74 Å². The highest BCUT2D eigenvalue weighted by atomic mass is 16.6. The van der Waals surface area contributed by atoms with Crippen molar-refractivity contribution in [3.8, 4) is 5.75 Å². The lowest BCUT2D eigenvalue weighted by Crippen LogP contribution is -2.54. The summed E-state index contributed by atoms with van der Waals surface area (Å²) in [6.45, 7) is 4.09. The summed E-state index contributed by atoms with van der Waals surface area (Å²) in [5.41, 5.74) is 2.37. The van der Waals surface area contributed by atoms with Crippen LogP contribution in [0.4, 0.5) is 0 Å². The van der Waals surface area contributed by atoms with E-state index in [4.69, 9.17) is 9.47 Å². The Bertz CT molecular complexity index is 355. The van der Waals surface area contributed by atoms with Crippen molar-refractivity contribution in [3.05, 3.63) is 29.3 Å². The Morgan fingerprint density at radius 1 is 1.19 bits per heavy atom. The standard InChI is InChI=1S/C13H18O3/c1-8-4-9(2)6-10(5-8)16-12-7-11(14)13(12)15-3/h4-6,11-14H,7H2,1-3H3. The summed E-state index contributed by atoms with van der Waals surface area (Å²) in [5.74, 6) is 0.858. The van der Waals surface area contributed by atoms with Crippen molar-refractivity contribution < 1.29 is 14.6 Å². The number of methoxy groups -OCH3 is 1. The Kier molecular flexibility index (Phi) is 3.17. The fraction of sp³-hybridized carbons (Fsp3) is 0.538. The number of hydrogen-bond donors (Lipinski definition) is 1. The summed E-state index contributed by atoms with van der Waals surface area (Å²) >= 11 is 0. The van der Waals surface area contributed by atoms with Crippen molar-refractivity contribution >= 4 is 0 Å². The van der Waals surface area contributed by atoms with Crippen molar-refractivity contribution in [1.82, 2.24) is 0 Å². The highest BCUT2D eigenvalue weighted by Crippen LogP contribution is 2.29. The van der Waals surface area contributed by atoms with Crippen LogP contribution in [0.15, 0.2) is 18.2 Å². The molecule has 1 aliphatic rings. The Hall–Kier alpha value is -1.06. The van der Waals surface area contributed by atoms with Gasteiger partial charge in [0, 0.05) is 13.5 Å². The van der Waals surface area contributed by atoms with Crippen LogP contribution < -0.4 is 4.74 Å². The van der Waals surface area contributed by atoms with Gasteiger partial charge in [-0.15, -0.1) is 0 Å². The molecule has 0 spiro atoms. The van der Waals surface area contributed by atoms with Gasteiger partial charge in [-0.2, -0.15) is 0 Å². The van der Waals surface area contributed by atoms with E-state index >= 15 is 0 Å². The first-order valence-corrected chi connectivity index (χ1v) is 5.56. The molecule has 0 aromatic heterocycles. The van der Waals surface area contributed by atoms with Gasteiger partial charge >= 0.3 is 0 Å². The smallest absolute Gasteiger partial charge is 0.130 e. The lowest BCUT2D eigenvalue weighted by atomic mass is 9.88. The van der Waals surface area contributed by atoms with Crippen LogP contribution in [0.5, 0.6) is 5.75 Å². The van der Waals surface area contributed by atoms with E-state index in [1.165, 1.54) is 11.1 Å². The highest BCUT2D eigenvalue weighted by Gasteiger charge is 2.42. The quantitative estimate of drug-likeness (QED) is 0.848. The monoisotopic (exact) mass is 222 g/mol. The van der Waals surface area contributed by atoms with Crippen LogP contribution in [0.25, 0.3) is 0 Å². The first kappa shape index (κ1) is 11.4. The maximum Gasteiger partial charge on any atom is 0.130 e. The van der Waals surface area contributed by atoms with Crippen LogP contribution in [-0.4, -0.2) is 30.5 Å². The molecule has 1 aromatic carbocycles. The van der Waals surface area contributed by atoms with Crippen molar-refractivity contribution in [2.24, 2.45) is 0 Å². The third-order valence-corrected chi connectivity index (χ3v) is 2.97. The van der Waals surface area contributed by atoms with Crippen LogP contribution in [0.2, 0.25) is 0 Å². The number of hydrogen-bond acceptors (Lipinski definition) is 3. The Balaban J connectivity index is 2.04. The fourth-order valence-electron chi connectivity index (χ4n) is 2.16. The lowest BCUT2D eigenvalue weighted by molar-refractivity contribution is -0.149. The van der Waals surface area contributed by atoms with Crippen LogP contribution in [0.1, 0.15) is 17.5 Å². The van der Waals surface area contributed by atoms with Gasteiger partial charge in [0.05, 0.1) is 6.10 Å². The minimum atomic E-state index is -0.388. The molecule has 0 saturated heterocycles. The normalized spacial score (nSPS) is 28.6. The first-order chi connectivity index (χ1) is 7.60. The lowest BCUT2D eigenvalue weighted by Gasteiger charge is -2.40. The molecule has 1 aliphatic carbocycles. The van der Waals surface area contributed by atoms with Gasteiger partial charge in [0.25, 0.3) is 0 Å². The predicted octanol–water partition coefficient (Wildman–Crippen LogP) is 1.83. The van der Waals surface area contributed by atoms with Crippen LogP contribution in [0.3, 0.4) is 0 Å². The van der Waals surface area contributed by atoms with Crippen LogP contribution >= 0.6 is 0 Å². The summed E-state index contributed by atoms with van der Waals surface area (Å²) in [7, 11) is 1.60. The summed E-state index contributed by atoms with van der Waals surface area (Å²) in [5, 5.41) is 9.46. The molecule has 88 valence electrons.